The maximum absolute atomic E-state index is 12.2. The Kier molecular flexibility index (Phi) is 5.45. The fourth-order valence-corrected chi connectivity index (χ4v) is 3.16. The van der Waals surface area contributed by atoms with E-state index in [1.165, 1.54) is 12.8 Å². The SMILES string of the molecule is CNC1CCN(C(=O)N[C@H]2CC[C@H](NC)CC2)CC1. The molecule has 1 saturated heterocycles. The number of hydrogen-bond donors (Lipinski definition) is 3. The number of nitrogens with one attached hydrogen (secondary N) is 3. The number of nitrogens with zero attached hydrogens (tertiary/aromatic N) is 1. The van der Waals surface area contributed by atoms with E-state index in [2.05, 4.69) is 16.0 Å². The summed E-state index contributed by atoms with van der Waals surface area (Å²) in [5, 5.41) is 9.82. The highest BCUT2D eigenvalue weighted by Gasteiger charge is 2.25. The number of amides is 2. The summed E-state index contributed by atoms with van der Waals surface area (Å²) in [6.07, 6.45) is 6.67. The molecule has 5 heteroatoms. The molecule has 2 aliphatic rings. The molecule has 2 rings (SSSR count). The molecule has 0 bridgehead atoms. The minimum atomic E-state index is 0.141. The van der Waals surface area contributed by atoms with Crippen LogP contribution in [0, 0.1) is 0 Å². The molecule has 0 aromatic heterocycles. The molecule has 0 spiro atoms. The zero-order valence-corrected chi connectivity index (χ0v) is 12.2. The third-order valence-electron chi connectivity index (χ3n) is 4.65. The van der Waals surface area contributed by atoms with Crippen molar-refractivity contribution in [2.24, 2.45) is 0 Å². The lowest BCUT2D eigenvalue weighted by Crippen LogP contribution is -2.51. The number of likely N-dealkylation sites (tertiary alicyclic amines) is 1. The molecule has 2 amide bonds. The number of urea groups is 1. The Morgan fingerprint density at radius 3 is 1.84 bits per heavy atom. The fraction of sp³-hybridized carbons (Fsp3) is 0.929. The molecule has 19 heavy (non-hydrogen) atoms. The first kappa shape index (κ1) is 14.6. The maximum atomic E-state index is 12.2. The van der Waals surface area contributed by atoms with E-state index >= 15 is 0 Å². The lowest BCUT2D eigenvalue weighted by Gasteiger charge is -2.34. The van der Waals surface area contributed by atoms with Gasteiger partial charge in [-0.05, 0) is 52.6 Å². The van der Waals surface area contributed by atoms with Crippen LogP contribution in [-0.2, 0) is 0 Å². The average molecular weight is 268 g/mol. The van der Waals surface area contributed by atoms with Gasteiger partial charge in [0.05, 0.1) is 0 Å². The van der Waals surface area contributed by atoms with Gasteiger partial charge in [0, 0.05) is 31.2 Å². The molecule has 110 valence electrons. The van der Waals surface area contributed by atoms with Gasteiger partial charge >= 0.3 is 6.03 Å². The number of piperidine rings is 1. The lowest BCUT2D eigenvalue weighted by molar-refractivity contribution is 0.170. The van der Waals surface area contributed by atoms with Gasteiger partial charge in [-0.1, -0.05) is 0 Å². The van der Waals surface area contributed by atoms with E-state index in [9.17, 15) is 4.79 Å². The zero-order chi connectivity index (χ0) is 13.7. The van der Waals surface area contributed by atoms with Gasteiger partial charge in [0.1, 0.15) is 0 Å². The molecule has 1 heterocycles. The van der Waals surface area contributed by atoms with Crippen LogP contribution in [0.15, 0.2) is 0 Å². The van der Waals surface area contributed by atoms with Gasteiger partial charge in [0.2, 0.25) is 0 Å². The standard InChI is InChI=1S/C14H28N4O/c1-15-11-3-5-13(6-4-11)17-14(19)18-9-7-12(16-2)8-10-18/h11-13,15-16H,3-10H2,1-2H3,(H,17,19)/t11-,13-. The molecule has 1 saturated carbocycles. The Morgan fingerprint density at radius 2 is 1.32 bits per heavy atom. The first-order chi connectivity index (χ1) is 9.22. The van der Waals surface area contributed by atoms with E-state index in [-0.39, 0.29) is 6.03 Å². The van der Waals surface area contributed by atoms with Gasteiger partial charge in [0.25, 0.3) is 0 Å². The molecule has 1 aliphatic heterocycles. The summed E-state index contributed by atoms with van der Waals surface area (Å²) in [5.41, 5.74) is 0. The second-order valence-corrected chi connectivity index (χ2v) is 5.84. The predicted octanol–water partition coefficient (Wildman–Crippen LogP) is 0.910. The molecule has 0 aromatic rings. The summed E-state index contributed by atoms with van der Waals surface area (Å²) in [6, 6.07) is 1.73. The van der Waals surface area contributed by atoms with E-state index in [1.54, 1.807) is 0 Å². The molecule has 1 aliphatic carbocycles. The van der Waals surface area contributed by atoms with Crippen LogP contribution in [0.2, 0.25) is 0 Å². The Bertz CT molecular complexity index is 281. The number of hydrogen-bond acceptors (Lipinski definition) is 3. The molecule has 0 atom stereocenters. The molecule has 0 aromatic carbocycles. The average Bonchev–Trinajstić information content (AvgIpc) is 2.48. The van der Waals surface area contributed by atoms with Crippen LogP contribution >= 0.6 is 0 Å². The van der Waals surface area contributed by atoms with Crippen molar-refractivity contribution in [1.82, 2.24) is 20.9 Å². The van der Waals surface area contributed by atoms with E-state index < -0.39 is 0 Å². The van der Waals surface area contributed by atoms with Crippen molar-refractivity contribution < 1.29 is 4.79 Å². The van der Waals surface area contributed by atoms with E-state index in [4.69, 9.17) is 0 Å². The zero-order valence-electron chi connectivity index (χ0n) is 12.2. The summed E-state index contributed by atoms with van der Waals surface area (Å²) in [4.78, 5) is 14.2. The largest absolute Gasteiger partial charge is 0.335 e. The van der Waals surface area contributed by atoms with Crippen molar-refractivity contribution in [2.45, 2.75) is 56.7 Å². The highest BCUT2D eigenvalue weighted by atomic mass is 16.2. The highest BCUT2D eigenvalue weighted by molar-refractivity contribution is 5.74. The van der Waals surface area contributed by atoms with E-state index in [0.29, 0.717) is 18.1 Å². The highest BCUT2D eigenvalue weighted by Crippen LogP contribution is 2.19. The van der Waals surface area contributed by atoms with Crippen LogP contribution in [0.4, 0.5) is 4.79 Å². The number of carbonyl (C=O) groups excluding carboxylic acids is 1. The fourth-order valence-electron chi connectivity index (χ4n) is 3.16. The van der Waals surface area contributed by atoms with Gasteiger partial charge in [0.15, 0.2) is 0 Å². The molecule has 5 nitrogen and oxygen atoms in total. The van der Waals surface area contributed by atoms with Crippen LogP contribution < -0.4 is 16.0 Å². The number of carbonyl (C=O) groups is 1. The van der Waals surface area contributed by atoms with E-state index in [0.717, 1.165) is 38.8 Å². The summed E-state index contributed by atoms with van der Waals surface area (Å²) in [5.74, 6) is 0. The lowest BCUT2D eigenvalue weighted by atomic mass is 9.91. The van der Waals surface area contributed by atoms with Gasteiger partial charge in [-0.25, -0.2) is 4.79 Å². The van der Waals surface area contributed by atoms with Crippen molar-refractivity contribution in [3.05, 3.63) is 0 Å². The second kappa shape index (κ2) is 7.10. The first-order valence-corrected chi connectivity index (χ1v) is 7.63. The Balaban J connectivity index is 1.70. The first-order valence-electron chi connectivity index (χ1n) is 7.63. The predicted molar refractivity (Wildman–Crippen MR) is 77.3 cm³/mol. The van der Waals surface area contributed by atoms with Crippen molar-refractivity contribution >= 4 is 6.03 Å². The van der Waals surface area contributed by atoms with Gasteiger partial charge < -0.3 is 20.9 Å². The van der Waals surface area contributed by atoms with Crippen LogP contribution in [0.25, 0.3) is 0 Å². The molecular weight excluding hydrogens is 240 g/mol. The Labute approximate surface area is 116 Å². The van der Waals surface area contributed by atoms with Crippen molar-refractivity contribution in [1.29, 1.82) is 0 Å². The Morgan fingerprint density at radius 1 is 0.842 bits per heavy atom. The van der Waals surface area contributed by atoms with Crippen molar-refractivity contribution in [3.8, 4) is 0 Å². The second-order valence-electron chi connectivity index (χ2n) is 5.84. The van der Waals surface area contributed by atoms with Gasteiger partial charge in [-0.2, -0.15) is 0 Å². The third-order valence-corrected chi connectivity index (χ3v) is 4.65. The van der Waals surface area contributed by atoms with Gasteiger partial charge in [-0.15, -0.1) is 0 Å². The quantitative estimate of drug-likeness (QED) is 0.713. The molecule has 3 N–H and O–H groups in total. The van der Waals surface area contributed by atoms with Crippen LogP contribution in [0.3, 0.4) is 0 Å². The third kappa shape index (κ3) is 4.08. The van der Waals surface area contributed by atoms with Crippen molar-refractivity contribution in [2.75, 3.05) is 27.2 Å². The summed E-state index contributed by atoms with van der Waals surface area (Å²) >= 11 is 0. The van der Waals surface area contributed by atoms with Gasteiger partial charge in [-0.3, -0.25) is 0 Å². The normalized spacial score (nSPS) is 29.3. The van der Waals surface area contributed by atoms with Crippen LogP contribution in [0.5, 0.6) is 0 Å². The molecule has 0 radical (unpaired) electrons. The summed E-state index contributed by atoms with van der Waals surface area (Å²) in [7, 11) is 4.02. The maximum Gasteiger partial charge on any atom is 0.317 e. The Hall–Kier alpha value is -0.810. The van der Waals surface area contributed by atoms with Crippen molar-refractivity contribution in [3.63, 3.8) is 0 Å². The minimum Gasteiger partial charge on any atom is -0.335 e. The molecular formula is C14H28N4O. The molecule has 2 fully saturated rings. The summed E-state index contributed by atoms with van der Waals surface area (Å²) < 4.78 is 0. The minimum absolute atomic E-state index is 0.141. The van der Waals surface area contributed by atoms with E-state index in [1.807, 2.05) is 19.0 Å². The number of rotatable bonds is 3. The smallest absolute Gasteiger partial charge is 0.317 e. The molecule has 0 unspecified atom stereocenters. The monoisotopic (exact) mass is 268 g/mol. The van der Waals surface area contributed by atoms with Crippen LogP contribution in [0.1, 0.15) is 38.5 Å². The topological polar surface area (TPSA) is 56.4 Å². The van der Waals surface area contributed by atoms with Crippen LogP contribution in [-0.4, -0.2) is 56.2 Å². The summed E-state index contributed by atoms with van der Waals surface area (Å²) in [6.45, 7) is 1.76.